The van der Waals surface area contributed by atoms with Crippen molar-refractivity contribution in [3.63, 3.8) is 0 Å². The van der Waals surface area contributed by atoms with E-state index >= 15 is 0 Å². The molecule has 0 aliphatic heterocycles. The summed E-state index contributed by atoms with van der Waals surface area (Å²) in [5.41, 5.74) is 2.20. The molecule has 2 aromatic rings. The molecule has 0 aliphatic rings. The van der Waals surface area contributed by atoms with Crippen LogP contribution in [0.4, 0.5) is 0 Å². The van der Waals surface area contributed by atoms with Gasteiger partial charge in [0.05, 0.1) is 6.10 Å². The minimum atomic E-state index is -0.486. The number of benzene rings is 2. The normalized spacial score (nSPS) is 14.2. The van der Waals surface area contributed by atoms with Crippen LogP contribution in [0.25, 0.3) is 0 Å². The number of hydrogen-bond donors (Lipinski definition) is 2. The van der Waals surface area contributed by atoms with Crippen LogP contribution in [0.15, 0.2) is 60.7 Å². The van der Waals surface area contributed by atoms with Crippen molar-refractivity contribution in [3.05, 3.63) is 71.8 Å². The van der Waals surface area contributed by atoms with Crippen LogP contribution < -0.4 is 5.32 Å². The molecule has 2 N–H and O–H groups in total. The van der Waals surface area contributed by atoms with Crippen LogP contribution in [0, 0.1) is 5.92 Å². The van der Waals surface area contributed by atoms with Gasteiger partial charge >= 0.3 is 0 Å². The van der Waals surface area contributed by atoms with Gasteiger partial charge in [-0.25, -0.2) is 0 Å². The summed E-state index contributed by atoms with van der Waals surface area (Å²) in [6, 6.07) is 20.2. The fourth-order valence-electron chi connectivity index (χ4n) is 2.40. The van der Waals surface area contributed by atoms with Crippen LogP contribution in [-0.4, -0.2) is 11.1 Å². The van der Waals surface area contributed by atoms with Crippen LogP contribution in [0.3, 0.4) is 0 Å². The number of hydrogen-bond acceptors (Lipinski definition) is 2. The van der Waals surface area contributed by atoms with Crippen LogP contribution in [-0.2, 0) is 6.54 Å². The third-order valence-electron chi connectivity index (χ3n) is 3.58. The quantitative estimate of drug-likeness (QED) is 0.840. The zero-order valence-corrected chi connectivity index (χ0v) is 12.2. The topological polar surface area (TPSA) is 32.3 Å². The monoisotopic (exact) mass is 269 g/mol. The largest absolute Gasteiger partial charge is 0.387 e. The van der Waals surface area contributed by atoms with E-state index in [2.05, 4.69) is 31.3 Å². The van der Waals surface area contributed by atoms with Crippen molar-refractivity contribution >= 4 is 0 Å². The van der Waals surface area contributed by atoms with Crippen LogP contribution in [0.2, 0.25) is 0 Å². The first kappa shape index (κ1) is 14.8. The van der Waals surface area contributed by atoms with Crippen molar-refractivity contribution in [2.75, 3.05) is 0 Å². The second kappa shape index (κ2) is 7.22. The molecule has 0 spiro atoms. The van der Waals surface area contributed by atoms with Crippen molar-refractivity contribution < 1.29 is 5.11 Å². The highest BCUT2D eigenvalue weighted by atomic mass is 16.3. The maximum absolute atomic E-state index is 10.6. The molecule has 2 unspecified atom stereocenters. The number of rotatable bonds is 6. The van der Waals surface area contributed by atoms with Gasteiger partial charge < -0.3 is 10.4 Å². The molecule has 20 heavy (non-hydrogen) atoms. The fourth-order valence-corrected chi connectivity index (χ4v) is 2.40. The van der Waals surface area contributed by atoms with Crippen molar-refractivity contribution in [2.24, 2.45) is 5.92 Å². The van der Waals surface area contributed by atoms with Crippen molar-refractivity contribution in [2.45, 2.75) is 32.5 Å². The second-order valence-corrected chi connectivity index (χ2v) is 5.49. The highest BCUT2D eigenvalue weighted by Gasteiger charge is 2.23. The van der Waals surface area contributed by atoms with E-state index < -0.39 is 6.10 Å². The average Bonchev–Trinajstić information content (AvgIpc) is 2.49. The fraction of sp³-hybridized carbons (Fsp3) is 0.333. The lowest BCUT2D eigenvalue weighted by Gasteiger charge is -2.28. The Morgan fingerprint density at radius 3 is 2.00 bits per heavy atom. The van der Waals surface area contributed by atoms with E-state index in [9.17, 15) is 5.11 Å². The summed E-state index contributed by atoms with van der Waals surface area (Å²) < 4.78 is 0. The maximum atomic E-state index is 10.6. The molecule has 2 atom stereocenters. The van der Waals surface area contributed by atoms with Crippen LogP contribution in [0.1, 0.15) is 31.1 Å². The van der Waals surface area contributed by atoms with Gasteiger partial charge in [-0.15, -0.1) is 0 Å². The maximum Gasteiger partial charge on any atom is 0.0945 e. The lowest BCUT2D eigenvalue weighted by Crippen LogP contribution is -2.38. The van der Waals surface area contributed by atoms with E-state index in [1.807, 2.05) is 48.5 Å². The molecular weight excluding hydrogens is 246 g/mol. The average molecular weight is 269 g/mol. The predicted molar refractivity (Wildman–Crippen MR) is 83.3 cm³/mol. The molecule has 2 aromatic carbocycles. The Bertz CT molecular complexity index is 495. The standard InChI is InChI=1S/C18H23NO/c1-14(2)17(18(20)16-11-7-4-8-12-16)19-13-15-9-5-3-6-10-15/h3-12,14,17-20H,13H2,1-2H3. The van der Waals surface area contributed by atoms with Crippen LogP contribution >= 0.6 is 0 Å². The third-order valence-corrected chi connectivity index (χ3v) is 3.58. The molecule has 2 rings (SSSR count). The summed E-state index contributed by atoms with van der Waals surface area (Å²) in [6.07, 6.45) is -0.486. The minimum Gasteiger partial charge on any atom is -0.387 e. The Morgan fingerprint density at radius 2 is 1.45 bits per heavy atom. The Kier molecular flexibility index (Phi) is 5.33. The minimum absolute atomic E-state index is 0.0395. The molecule has 0 radical (unpaired) electrons. The van der Waals surface area contributed by atoms with E-state index in [1.165, 1.54) is 5.56 Å². The van der Waals surface area contributed by atoms with Crippen molar-refractivity contribution in [1.82, 2.24) is 5.32 Å². The molecule has 2 heteroatoms. The van der Waals surface area contributed by atoms with Gasteiger partial charge in [0.25, 0.3) is 0 Å². The van der Waals surface area contributed by atoms with Gasteiger partial charge in [-0.2, -0.15) is 0 Å². The summed E-state index contributed by atoms with van der Waals surface area (Å²) >= 11 is 0. The Hall–Kier alpha value is -1.64. The zero-order valence-electron chi connectivity index (χ0n) is 12.2. The molecule has 2 nitrogen and oxygen atoms in total. The third kappa shape index (κ3) is 3.92. The highest BCUT2D eigenvalue weighted by Crippen LogP contribution is 2.22. The van der Waals surface area contributed by atoms with Gasteiger partial charge in [0.2, 0.25) is 0 Å². The van der Waals surface area contributed by atoms with E-state index in [0.717, 1.165) is 12.1 Å². The van der Waals surface area contributed by atoms with Gasteiger partial charge in [-0.1, -0.05) is 74.5 Å². The Balaban J connectivity index is 2.04. The molecule has 0 bridgehead atoms. The molecule has 0 saturated heterocycles. The number of aliphatic hydroxyl groups excluding tert-OH is 1. The van der Waals surface area contributed by atoms with E-state index in [0.29, 0.717) is 5.92 Å². The number of aliphatic hydroxyl groups is 1. The van der Waals surface area contributed by atoms with Crippen molar-refractivity contribution in [1.29, 1.82) is 0 Å². The predicted octanol–water partition coefficient (Wildman–Crippen LogP) is 3.53. The van der Waals surface area contributed by atoms with Crippen molar-refractivity contribution in [3.8, 4) is 0 Å². The summed E-state index contributed by atoms with van der Waals surface area (Å²) in [5, 5.41) is 14.0. The highest BCUT2D eigenvalue weighted by molar-refractivity contribution is 5.19. The van der Waals surface area contributed by atoms with Gasteiger partial charge in [-0.3, -0.25) is 0 Å². The first-order valence-electron chi connectivity index (χ1n) is 7.19. The van der Waals surface area contributed by atoms with Gasteiger partial charge in [-0.05, 0) is 17.0 Å². The smallest absolute Gasteiger partial charge is 0.0945 e. The van der Waals surface area contributed by atoms with E-state index in [4.69, 9.17) is 0 Å². The lowest BCUT2D eigenvalue weighted by molar-refractivity contribution is 0.104. The van der Waals surface area contributed by atoms with Gasteiger partial charge in [0.15, 0.2) is 0 Å². The SMILES string of the molecule is CC(C)C(NCc1ccccc1)C(O)c1ccccc1. The lowest BCUT2D eigenvalue weighted by atomic mass is 9.93. The summed E-state index contributed by atoms with van der Waals surface area (Å²) in [5.74, 6) is 0.355. The van der Waals surface area contributed by atoms with Gasteiger partial charge in [0.1, 0.15) is 0 Å². The molecule has 0 fully saturated rings. The molecule has 106 valence electrons. The molecule has 0 saturated carbocycles. The summed E-state index contributed by atoms with van der Waals surface area (Å²) in [4.78, 5) is 0. The summed E-state index contributed by atoms with van der Waals surface area (Å²) in [6.45, 7) is 5.04. The molecule has 0 amide bonds. The zero-order chi connectivity index (χ0) is 14.4. The van der Waals surface area contributed by atoms with E-state index in [1.54, 1.807) is 0 Å². The first-order chi connectivity index (χ1) is 9.68. The first-order valence-corrected chi connectivity index (χ1v) is 7.19. The number of nitrogens with one attached hydrogen (secondary N) is 1. The molecular formula is C18H23NO. The molecule has 0 aromatic heterocycles. The molecule has 0 aliphatic carbocycles. The van der Waals surface area contributed by atoms with Gasteiger partial charge in [0, 0.05) is 12.6 Å². The Labute approximate surface area is 121 Å². The van der Waals surface area contributed by atoms with Crippen LogP contribution in [0.5, 0.6) is 0 Å². The summed E-state index contributed by atoms with van der Waals surface area (Å²) in [7, 11) is 0. The molecule has 0 heterocycles. The second-order valence-electron chi connectivity index (χ2n) is 5.49. The van der Waals surface area contributed by atoms with E-state index in [-0.39, 0.29) is 6.04 Å². The Morgan fingerprint density at radius 1 is 0.900 bits per heavy atom.